The summed E-state index contributed by atoms with van der Waals surface area (Å²) in [6.45, 7) is 0. The Kier molecular flexibility index (Phi) is 6.88. The van der Waals surface area contributed by atoms with Crippen LogP contribution in [0.2, 0.25) is 0 Å². The standard InChI is InChI=1S/C27H29NO4/c29-22(15-20-11-5-7-13-24(20)30)16-21(14-18-8-2-1-3-9-18)27(32)28-26-23-12-6-4-10-19(23)17-25(26)31/h1-13,21-22,25-26,29-31H,14-17H2,(H,28,32)/t21-,22+,25+,26-/m0/s1. The van der Waals surface area contributed by atoms with E-state index in [1.807, 2.05) is 60.7 Å². The third-order valence-electron chi connectivity index (χ3n) is 6.20. The highest BCUT2D eigenvalue weighted by Gasteiger charge is 2.34. The van der Waals surface area contributed by atoms with E-state index in [1.54, 1.807) is 18.2 Å². The molecule has 32 heavy (non-hydrogen) atoms. The molecule has 0 saturated heterocycles. The van der Waals surface area contributed by atoms with Gasteiger partial charge in [0.15, 0.2) is 0 Å². The summed E-state index contributed by atoms with van der Waals surface area (Å²) in [7, 11) is 0. The van der Waals surface area contributed by atoms with Crippen LogP contribution in [0.25, 0.3) is 0 Å². The molecular weight excluding hydrogens is 402 g/mol. The summed E-state index contributed by atoms with van der Waals surface area (Å²) in [6.07, 6.45) is 0.0538. The molecule has 1 aliphatic rings. The molecule has 0 aromatic heterocycles. The Labute approximate surface area is 188 Å². The molecule has 0 fully saturated rings. The molecule has 3 aromatic rings. The molecule has 0 radical (unpaired) electrons. The molecule has 3 aromatic carbocycles. The first-order chi connectivity index (χ1) is 15.5. The van der Waals surface area contributed by atoms with Crippen LogP contribution in [0.5, 0.6) is 5.75 Å². The van der Waals surface area contributed by atoms with Gasteiger partial charge < -0.3 is 20.6 Å². The lowest BCUT2D eigenvalue weighted by molar-refractivity contribution is -0.127. The first kappa shape index (κ1) is 22.1. The summed E-state index contributed by atoms with van der Waals surface area (Å²) in [5.74, 6) is -0.523. The van der Waals surface area contributed by atoms with Crippen molar-refractivity contribution >= 4 is 5.91 Å². The number of phenols is 1. The summed E-state index contributed by atoms with van der Waals surface area (Å²) >= 11 is 0. The van der Waals surface area contributed by atoms with Gasteiger partial charge in [0.05, 0.1) is 18.2 Å². The van der Waals surface area contributed by atoms with Gasteiger partial charge in [-0.05, 0) is 41.2 Å². The molecule has 0 heterocycles. The molecule has 166 valence electrons. The highest BCUT2D eigenvalue weighted by molar-refractivity contribution is 5.79. The van der Waals surface area contributed by atoms with Crippen molar-refractivity contribution in [2.75, 3.05) is 0 Å². The van der Waals surface area contributed by atoms with E-state index in [9.17, 15) is 20.1 Å². The van der Waals surface area contributed by atoms with Crippen LogP contribution in [0, 0.1) is 5.92 Å². The van der Waals surface area contributed by atoms with E-state index in [-0.39, 0.29) is 24.5 Å². The molecule has 0 bridgehead atoms. The van der Waals surface area contributed by atoms with Crippen LogP contribution in [0.3, 0.4) is 0 Å². The summed E-state index contributed by atoms with van der Waals surface area (Å²) < 4.78 is 0. The molecule has 1 amide bonds. The largest absolute Gasteiger partial charge is 0.508 e. The second-order valence-electron chi connectivity index (χ2n) is 8.57. The number of phenolic OH excluding ortho intramolecular Hbond substituents is 1. The second kappa shape index (κ2) is 9.98. The van der Waals surface area contributed by atoms with E-state index in [0.717, 1.165) is 16.7 Å². The topological polar surface area (TPSA) is 89.8 Å². The fourth-order valence-electron chi connectivity index (χ4n) is 4.55. The first-order valence-electron chi connectivity index (χ1n) is 11.1. The van der Waals surface area contributed by atoms with Crippen LogP contribution in [0.4, 0.5) is 0 Å². The fourth-order valence-corrected chi connectivity index (χ4v) is 4.55. The molecule has 4 rings (SSSR count). The maximum absolute atomic E-state index is 13.3. The molecule has 0 saturated carbocycles. The Hall–Kier alpha value is -3.15. The summed E-state index contributed by atoms with van der Waals surface area (Å²) in [5.41, 5.74) is 3.65. The molecule has 5 nitrogen and oxygen atoms in total. The minimum absolute atomic E-state index is 0.140. The zero-order chi connectivity index (χ0) is 22.5. The number of aromatic hydroxyl groups is 1. The fraction of sp³-hybridized carbons (Fsp3) is 0.296. The number of hydrogen-bond acceptors (Lipinski definition) is 4. The SMILES string of the molecule is O=C(N[C@H]1c2ccccc2C[C@H]1O)[C@@H](Cc1ccccc1)C[C@H](O)Cc1ccccc1O. The van der Waals surface area contributed by atoms with Crippen molar-refractivity contribution in [1.29, 1.82) is 0 Å². The van der Waals surface area contributed by atoms with Gasteiger partial charge in [-0.15, -0.1) is 0 Å². The Morgan fingerprint density at radius 2 is 1.62 bits per heavy atom. The van der Waals surface area contributed by atoms with Crippen molar-refractivity contribution in [3.05, 3.63) is 101 Å². The number of aliphatic hydroxyl groups is 2. The quantitative estimate of drug-likeness (QED) is 0.441. The van der Waals surface area contributed by atoms with Gasteiger partial charge in [-0.1, -0.05) is 72.8 Å². The normalized spacial score (nSPS) is 19.2. The Morgan fingerprint density at radius 1 is 0.938 bits per heavy atom. The van der Waals surface area contributed by atoms with Gasteiger partial charge in [-0.25, -0.2) is 0 Å². The predicted molar refractivity (Wildman–Crippen MR) is 123 cm³/mol. The molecule has 1 aliphatic carbocycles. The van der Waals surface area contributed by atoms with Gasteiger partial charge in [0.1, 0.15) is 5.75 Å². The Balaban J connectivity index is 1.50. The minimum atomic E-state index is -0.788. The van der Waals surface area contributed by atoms with Crippen LogP contribution in [-0.2, 0) is 24.1 Å². The van der Waals surface area contributed by atoms with Gasteiger partial charge in [0.25, 0.3) is 0 Å². The molecule has 0 unspecified atom stereocenters. The van der Waals surface area contributed by atoms with Crippen molar-refractivity contribution in [3.63, 3.8) is 0 Å². The number of benzene rings is 3. The van der Waals surface area contributed by atoms with E-state index < -0.39 is 24.2 Å². The first-order valence-corrected chi connectivity index (χ1v) is 11.1. The highest BCUT2D eigenvalue weighted by atomic mass is 16.3. The van der Waals surface area contributed by atoms with Gasteiger partial charge in [0, 0.05) is 18.8 Å². The van der Waals surface area contributed by atoms with Crippen LogP contribution in [-0.4, -0.2) is 33.4 Å². The third kappa shape index (κ3) is 5.18. The maximum atomic E-state index is 13.3. The second-order valence-corrected chi connectivity index (χ2v) is 8.57. The number of rotatable bonds is 8. The van der Waals surface area contributed by atoms with Crippen molar-refractivity contribution < 1.29 is 20.1 Å². The zero-order valence-electron chi connectivity index (χ0n) is 17.9. The summed E-state index contributed by atoms with van der Waals surface area (Å²) in [4.78, 5) is 13.3. The van der Waals surface area contributed by atoms with Gasteiger partial charge in [-0.2, -0.15) is 0 Å². The van der Waals surface area contributed by atoms with Crippen molar-refractivity contribution in [2.24, 2.45) is 5.92 Å². The number of carbonyl (C=O) groups is 1. The molecule has 4 N–H and O–H groups in total. The van der Waals surface area contributed by atoms with Crippen LogP contribution in [0.1, 0.15) is 34.7 Å². The Morgan fingerprint density at radius 3 is 2.41 bits per heavy atom. The summed E-state index contributed by atoms with van der Waals surface area (Å²) in [5, 5.41) is 34.4. The van der Waals surface area contributed by atoms with E-state index >= 15 is 0 Å². The monoisotopic (exact) mass is 431 g/mol. The molecule has 5 heteroatoms. The third-order valence-corrected chi connectivity index (χ3v) is 6.20. The Bertz CT molecular complexity index is 1050. The van der Waals surface area contributed by atoms with E-state index in [4.69, 9.17) is 0 Å². The number of aliphatic hydroxyl groups excluding tert-OH is 2. The number of hydrogen-bond donors (Lipinski definition) is 4. The van der Waals surface area contributed by atoms with Gasteiger partial charge in [0.2, 0.25) is 5.91 Å². The zero-order valence-corrected chi connectivity index (χ0v) is 17.9. The number of para-hydroxylation sites is 1. The van der Waals surface area contributed by atoms with E-state index in [2.05, 4.69) is 5.32 Å². The number of carbonyl (C=O) groups excluding carboxylic acids is 1. The van der Waals surface area contributed by atoms with E-state index in [1.165, 1.54) is 0 Å². The lowest BCUT2D eigenvalue weighted by Crippen LogP contribution is -2.39. The minimum Gasteiger partial charge on any atom is -0.508 e. The lowest BCUT2D eigenvalue weighted by Gasteiger charge is -2.24. The molecule has 0 spiro atoms. The van der Waals surface area contributed by atoms with Crippen LogP contribution < -0.4 is 5.32 Å². The van der Waals surface area contributed by atoms with Gasteiger partial charge in [-0.3, -0.25) is 4.79 Å². The lowest BCUT2D eigenvalue weighted by atomic mass is 9.90. The number of nitrogens with one attached hydrogen (secondary N) is 1. The van der Waals surface area contributed by atoms with Crippen LogP contribution >= 0.6 is 0 Å². The molecular formula is C27H29NO4. The van der Waals surface area contributed by atoms with Crippen molar-refractivity contribution in [1.82, 2.24) is 5.32 Å². The number of amides is 1. The van der Waals surface area contributed by atoms with Crippen molar-refractivity contribution in [2.45, 2.75) is 43.9 Å². The average Bonchev–Trinajstić information content (AvgIpc) is 3.10. The summed E-state index contributed by atoms with van der Waals surface area (Å²) in [6, 6.07) is 23.9. The van der Waals surface area contributed by atoms with Crippen molar-refractivity contribution in [3.8, 4) is 5.75 Å². The predicted octanol–water partition coefficient (Wildman–Crippen LogP) is 3.32. The average molecular weight is 432 g/mol. The maximum Gasteiger partial charge on any atom is 0.224 e. The van der Waals surface area contributed by atoms with Crippen LogP contribution in [0.15, 0.2) is 78.9 Å². The van der Waals surface area contributed by atoms with E-state index in [0.29, 0.717) is 18.4 Å². The molecule has 0 aliphatic heterocycles. The highest BCUT2D eigenvalue weighted by Crippen LogP contribution is 2.32. The molecule has 4 atom stereocenters. The number of fused-ring (bicyclic) bond motifs is 1. The smallest absolute Gasteiger partial charge is 0.224 e. The van der Waals surface area contributed by atoms with Gasteiger partial charge >= 0.3 is 0 Å².